The van der Waals surface area contributed by atoms with Crippen LogP contribution < -0.4 is 0 Å². The van der Waals surface area contributed by atoms with Crippen LogP contribution in [0.2, 0.25) is 0 Å². The zero-order valence-electron chi connectivity index (χ0n) is 14.1. The first-order chi connectivity index (χ1) is 11.2. The molecule has 7 nitrogen and oxygen atoms in total. The molecule has 1 aliphatic rings. The van der Waals surface area contributed by atoms with Crippen LogP contribution in [-0.2, 0) is 14.8 Å². The third-order valence-electron chi connectivity index (χ3n) is 4.20. The maximum atomic E-state index is 12.8. The summed E-state index contributed by atoms with van der Waals surface area (Å²) in [6, 6.07) is 4.87. The van der Waals surface area contributed by atoms with Gasteiger partial charge >= 0.3 is 0 Å². The Hall–Kier alpha value is -1.93. The van der Waals surface area contributed by atoms with Crippen molar-refractivity contribution in [3.05, 3.63) is 24.5 Å². The molecular formula is C16H22N4O3S. The lowest BCUT2D eigenvalue weighted by molar-refractivity contribution is -0.140. The van der Waals surface area contributed by atoms with Gasteiger partial charge in [-0.3, -0.25) is 4.79 Å². The molecule has 1 aliphatic heterocycles. The van der Waals surface area contributed by atoms with Gasteiger partial charge < -0.3 is 9.88 Å². The SMILES string of the molecule is CC(C)(C)C(=O)N1CCN(S(=O)(=O)c2ccc3nc[nH]c3c2)CC1. The quantitative estimate of drug-likeness (QED) is 0.888. The van der Waals surface area contributed by atoms with Crippen molar-refractivity contribution in [1.82, 2.24) is 19.2 Å². The Kier molecular flexibility index (Phi) is 4.13. The summed E-state index contributed by atoms with van der Waals surface area (Å²) in [4.78, 5) is 21.3. The zero-order chi connectivity index (χ0) is 17.5. The number of hydrogen-bond acceptors (Lipinski definition) is 4. The van der Waals surface area contributed by atoms with Crippen LogP contribution in [0.25, 0.3) is 11.0 Å². The van der Waals surface area contributed by atoms with Crippen molar-refractivity contribution < 1.29 is 13.2 Å². The van der Waals surface area contributed by atoms with Gasteiger partial charge in [0, 0.05) is 31.6 Å². The van der Waals surface area contributed by atoms with Gasteiger partial charge in [0.2, 0.25) is 15.9 Å². The molecule has 1 aromatic carbocycles. The highest BCUT2D eigenvalue weighted by Crippen LogP contribution is 2.23. The zero-order valence-corrected chi connectivity index (χ0v) is 14.9. The molecule has 0 spiro atoms. The molecule has 3 rings (SSSR count). The van der Waals surface area contributed by atoms with Gasteiger partial charge in [0.15, 0.2) is 0 Å². The monoisotopic (exact) mass is 350 g/mol. The average Bonchev–Trinajstić information content (AvgIpc) is 3.01. The largest absolute Gasteiger partial charge is 0.345 e. The maximum Gasteiger partial charge on any atom is 0.243 e. The Labute approximate surface area is 141 Å². The van der Waals surface area contributed by atoms with Crippen LogP contribution in [0.1, 0.15) is 20.8 Å². The van der Waals surface area contributed by atoms with E-state index in [1.807, 2.05) is 20.8 Å². The fourth-order valence-electron chi connectivity index (χ4n) is 2.83. The Morgan fingerprint density at radius 1 is 1.17 bits per heavy atom. The minimum absolute atomic E-state index is 0.0541. The van der Waals surface area contributed by atoms with Crippen molar-refractivity contribution in [3.63, 3.8) is 0 Å². The van der Waals surface area contributed by atoms with Crippen molar-refractivity contribution in [1.29, 1.82) is 0 Å². The van der Waals surface area contributed by atoms with Gasteiger partial charge in [-0.1, -0.05) is 20.8 Å². The smallest absolute Gasteiger partial charge is 0.243 e. The van der Waals surface area contributed by atoms with Gasteiger partial charge in [0.1, 0.15) is 0 Å². The summed E-state index contributed by atoms with van der Waals surface area (Å²) in [6.07, 6.45) is 1.54. The number of imidazole rings is 1. The molecule has 8 heteroatoms. The number of benzene rings is 1. The van der Waals surface area contributed by atoms with E-state index in [4.69, 9.17) is 0 Å². The molecule has 1 aromatic heterocycles. The van der Waals surface area contributed by atoms with Crippen LogP contribution in [-0.4, -0.2) is 59.7 Å². The highest BCUT2D eigenvalue weighted by atomic mass is 32.2. The molecule has 1 saturated heterocycles. The Morgan fingerprint density at radius 3 is 2.46 bits per heavy atom. The first-order valence-corrected chi connectivity index (χ1v) is 9.36. The Bertz CT molecular complexity index is 859. The van der Waals surface area contributed by atoms with E-state index in [9.17, 15) is 13.2 Å². The van der Waals surface area contributed by atoms with Crippen LogP contribution in [0.4, 0.5) is 0 Å². The summed E-state index contributed by atoms with van der Waals surface area (Å²) < 4.78 is 27.1. The lowest BCUT2D eigenvalue weighted by atomic mass is 9.94. The van der Waals surface area contributed by atoms with Gasteiger partial charge in [-0.15, -0.1) is 0 Å². The van der Waals surface area contributed by atoms with Crippen molar-refractivity contribution in [2.24, 2.45) is 5.41 Å². The third kappa shape index (κ3) is 3.03. The van der Waals surface area contributed by atoms with Crippen LogP contribution in [0, 0.1) is 5.41 Å². The number of sulfonamides is 1. The van der Waals surface area contributed by atoms with Gasteiger partial charge in [-0.25, -0.2) is 13.4 Å². The van der Waals surface area contributed by atoms with Crippen molar-refractivity contribution in [2.75, 3.05) is 26.2 Å². The molecule has 0 aliphatic carbocycles. The summed E-state index contributed by atoms with van der Waals surface area (Å²) in [5, 5.41) is 0. The van der Waals surface area contributed by atoms with Gasteiger partial charge in [0.25, 0.3) is 0 Å². The van der Waals surface area contributed by atoms with E-state index in [-0.39, 0.29) is 10.8 Å². The average molecular weight is 350 g/mol. The van der Waals surface area contributed by atoms with Gasteiger partial charge in [0.05, 0.1) is 22.3 Å². The second-order valence-electron chi connectivity index (χ2n) is 7.03. The minimum Gasteiger partial charge on any atom is -0.345 e. The molecule has 0 unspecified atom stereocenters. The van der Waals surface area contributed by atoms with Crippen LogP contribution in [0.5, 0.6) is 0 Å². The van der Waals surface area contributed by atoms with E-state index in [0.29, 0.717) is 31.7 Å². The number of aromatic amines is 1. The van der Waals surface area contributed by atoms with Gasteiger partial charge in [-0.2, -0.15) is 4.31 Å². The first kappa shape index (κ1) is 16.9. The summed E-state index contributed by atoms with van der Waals surface area (Å²) in [6.45, 7) is 7.08. The molecule has 1 fully saturated rings. The standard InChI is InChI=1S/C16H22N4O3S/c1-16(2,3)15(21)19-6-8-20(9-7-19)24(22,23)12-4-5-13-14(10-12)18-11-17-13/h4-5,10-11H,6-9H2,1-3H3,(H,17,18). The predicted octanol–water partition coefficient (Wildman–Crippen LogP) is 1.44. The summed E-state index contributed by atoms with van der Waals surface area (Å²) in [5.74, 6) is 0.0541. The molecular weight excluding hydrogens is 328 g/mol. The number of nitrogens with one attached hydrogen (secondary N) is 1. The van der Waals surface area contributed by atoms with Crippen molar-refractivity contribution in [3.8, 4) is 0 Å². The number of rotatable bonds is 2. The molecule has 0 atom stereocenters. The lowest BCUT2D eigenvalue weighted by Crippen LogP contribution is -2.52. The molecule has 2 aromatic rings. The number of H-pyrrole nitrogens is 1. The number of amides is 1. The first-order valence-electron chi connectivity index (χ1n) is 7.92. The summed E-state index contributed by atoms with van der Waals surface area (Å²) in [5.41, 5.74) is 0.972. The fourth-order valence-corrected chi connectivity index (χ4v) is 4.28. The number of fused-ring (bicyclic) bond motifs is 1. The molecule has 130 valence electrons. The predicted molar refractivity (Wildman–Crippen MR) is 90.9 cm³/mol. The van der Waals surface area contributed by atoms with E-state index in [1.54, 1.807) is 23.1 Å². The van der Waals surface area contributed by atoms with Gasteiger partial charge in [-0.05, 0) is 18.2 Å². The van der Waals surface area contributed by atoms with Crippen LogP contribution in [0.3, 0.4) is 0 Å². The normalized spacial score (nSPS) is 17.4. The second kappa shape index (κ2) is 5.86. The number of aromatic nitrogens is 2. The molecule has 1 N–H and O–H groups in total. The minimum atomic E-state index is -3.57. The molecule has 0 saturated carbocycles. The van der Waals surface area contributed by atoms with Crippen LogP contribution >= 0.6 is 0 Å². The van der Waals surface area contributed by atoms with E-state index in [1.165, 1.54) is 10.6 Å². The molecule has 24 heavy (non-hydrogen) atoms. The number of carbonyl (C=O) groups excluding carboxylic acids is 1. The Balaban J connectivity index is 1.76. The van der Waals surface area contributed by atoms with E-state index < -0.39 is 15.4 Å². The number of carbonyl (C=O) groups is 1. The number of hydrogen-bond donors (Lipinski definition) is 1. The van der Waals surface area contributed by atoms with Crippen molar-refractivity contribution in [2.45, 2.75) is 25.7 Å². The summed E-state index contributed by atoms with van der Waals surface area (Å²) in [7, 11) is -3.57. The highest BCUT2D eigenvalue weighted by molar-refractivity contribution is 7.89. The van der Waals surface area contributed by atoms with Crippen molar-refractivity contribution >= 4 is 27.0 Å². The van der Waals surface area contributed by atoms with E-state index >= 15 is 0 Å². The second-order valence-corrected chi connectivity index (χ2v) is 8.97. The molecule has 0 radical (unpaired) electrons. The highest BCUT2D eigenvalue weighted by Gasteiger charge is 2.33. The van der Waals surface area contributed by atoms with Crippen LogP contribution in [0.15, 0.2) is 29.4 Å². The topological polar surface area (TPSA) is 86.4 Å². The third-order valence-corrected chi connectivity index (χ3v) is 6.09. The molecule has 2 heterocycles. The lowest BCUT2D eigenvalue weighted by Gasteiger charge is -2.37. The molecule has 1 amide bonds. The fraction of sp³-hybridized carbons (Fsp3) is 0.500. The maximum absolute atomic E-state index is 12.8. The van der Waals surface area contributed by atoms with E-state index in [2.05, 4.69) is 9.97 Å². The van der Waals surface area contributed by atoms with E-state index in [0.717, 1.165) is 5.52 Å². The Morgan fingerprint density at radius 2 is 1.83 bits per heavy atom. The molecule has 0 bridgehead atoms. The number of piperazine rings is 1. The number of nitrogens with zero attached hydrogens (tertiary/aromatic N) is 3. The summed E-state index contributed by atoms with van der Waals surface area (Å²) >= 11 is 0.